The number of nitrogens with one attached hydrogen (secondary N) is 1. The lowest BCUT2D eigenvalue weighted by molar-refractivity contribution is -0.122. The second kappa shape index (κ2) is 10.6. The van der Waals surface area contributed by atoms with Crippen molar-refractivity contribution in [2.75, 3.05) is 4.90 Å². The van der Waals surface area contributed by atoms with Crippen molar-refractivity contribution in [3.8, 4) is 11.4 Å². The van der Waals surface area contributed by atoms with Crippen molar-refractivity contribution in [1.82, 2.24) is 9.88 Å². The number of urea groups is 1. The zero-order chi connectivity index (χ0) is 27.7. The topological polar surface area (TPSA) is 80.6 Å². The van der Waals surface area contributed by atoms with Crippen molar-refractivity contribution in [2.24, 2.45) is 0 Å². The van der Waals surface area contributed by atoms with Crippen molar-refractivity contribution in [3.63, 3.8) is 0 Å². The number of hydrogen-bond donors (Lipinski definition) is 1. The highest BCUT2D eigenvalue weighted by Gasteiger charge is 2.37. The summed E-state index contributed by atoms with van der Waals surface area (Å²) in [6.45, 7) is 6.20. The Labute approximate surface area is 231 Å². The van der Waals surface area contributed by atoms with Crippen LogP contribution in [0.4, 0.5) is 10.5 Å². The maximum absolute atomic E-state index is 13.3. The maximum Gasteiger partial charge on any atom is 0.335 e. The summed E-state index contributed by atoms with van der Waals surface area (Å²) in [4.78, 5) is 39.4. The van der Waals surface area contributed by atoms with Crippen LogP contribution in [0.1, 0.15) is 28.1 Å². The number of benzene rings is 3. The van der Waals surface area contributed by atoms with E-state index in [1.807, 2.05) is 79.9 Å². The molecule has 1 fully saturated rings. The Bertz CT molecular complexity index is 1600. The van der Waals surface area contributed by atoms with Gasteiger partial charge in [0.2, 0.25) is 0 Å². The Balaban J connectivity index is 1.39. The van der Waals surface area contributed by atoms with Crippen molar-refractivity contribution < 1.29 is 19.1 Å². The first kappa shape index (κ1) is 26.0. The smallest absolute Gasteiger partial charge is 0.335 e. The van der Waals surface area contributed by atoms with Gasteiger partial charge in [-0.25, -0.2) is 9.69 Å². The first-order valence-corrected chi connectivity index (χ1v) is 12.7. The van der Waals surface area contributed by atoms with Gasteiger partial charge in [-0.3, -0.25) is 14.9 Å². The predicted octanol–water partition coefficient (Wildman–Crippen LogP) is 6.30. The van der Waals surface area contributed by atoms with Gasteiger partial charge in [-0.1, -0.05) is 41.4 Å². The molecule has 0 bridgehead atoms. The number of hydrogen-bond acceptors (Lipinski definition) is 4. The van der Waals surface area contributed by atoms with Crippen LogP contribution in [0.15, 0.2) is 84.4 Å². The van der Waals surface area contributed by atoms with E-state index >= 15 is 0 Å². The van der Waals surface area contributed by atoms with Crippen LogP contribution >= 0.6 is 11.6 Å². The molecule has 3 aromatic carbocycles. The van der Waals surface area contributed by atoms with Gasteiger partial charge in [-0.05, 0) is 92.6 Å². The fourth-order valence-corrected chi connectivity index (χ4v) is 4.64. The van der Waals surface area contributed by atoms with E-state index in [1.54, 1.807) is 24.3 Å². The first-order valence-electron chi connectivity index (χ1n) is 12.4. The van der Waals surface area contributed by atoms with Crippen LogP contribution in [-0.2, 0) is 16.2 Å². The number of barbiturate groups is 1. The molecule has 8 heteroatoms. The Hall–Kier alpha value is -4.62. The molecule has 0 atom stereocenters. The zero-order valence-corrected chi connectivity index (χ0v) is 22.5. The first-order chi connectivity index (χ1) is 18.7. The van der Waals surface area contributed by atoms with Gasteiger partial charge in [0.05, 0.1) is 5.69 Å². The van der Waals surface area contributed by atoms with Crippen LogP contribution in [0.2, 0.25) is 5.02 Å². The standard InChI is InChI=1S/C31H26ClN3O4/c1-19-4-10-26(11-5-19)35-30(37)28(29(36)33-31(35)38)17-23-16-20(2)34(21(23)3)25-12-14-27(15-13-25)39-18-22-6-8-24(32)9-7-22/h4-17H,18H2,1-3H3,(H,33,36,38)/b28-17+. The lowest BCUT2D eigenvalue weighted by atomic mass is 10.1. The highest BCUT2D eigenvalue weighted by molar-refractivity contribution is 6.39. The molecule has 0 radical (unpaired) electrons. The summed E-state index contributed by atoms with van der Waals surface area (Å²) in [5, 5.41) is 2.96. The van der Waals surface area contributed by atoms with Crippen LogP contribution < -0.4 is 15.0 Å². The summed E-state index contributed by atoms with van der Waals surface area (Å²) in [5.74, 6) is -0.663. The number of anilines is 1. The van der Waals surface area contributed by atoms with Gasteiger partial charge in [0, 0.05) is 22.1 Å². The summed E-state index contributed by atoms with van der Waals surface area (Å²) >= 11 is 5.94. The SMILES string of the molecule is Cc1ccc(N2C(=O)NC(=O)/C(=C\c3cc(C)n(-c4ccc(OCc5ccc(Cl)cc5)cc4)c3C)C2=O)cc1. The van der Waals surface area contributed by atoms with E-state index < -0.39 is 17.8 Å². The summed E-state index contributed by atoms with van der Waals surface area (Å²) in [6, 6.07) is 23.3. The van der Waals surface area contributed by atoms with Gasteiger partial charge in [0.15, 0.2) is 0 Å². The van der Waals surface area contributed by atoms with Crippen molar-refractivity contribution in [1.29, 1.82) is 0 Å². The van der Waals surface area contributed by atoms with E-state index in [-0.39, 0.29) is 5.57 Å². The summed E-state index contributed by atoms with van der Waals surface area (Å²) in [6.07, 6.45) is 1.54. The number of rotatable bonds is 6. The lowest BCUT2D eigenvalue weighted by Gasteiger charge is -2.26. The molecule has 1 aliphatic heterocycles. The largest absolute Gasteiger partial charge is 0.489 e. The lowest BCUT2D eigenvalue weighted by Crippen LogP contribution is -2.54. The van der Waals surface area contributed by atoms with Crippen LogP contribution in [0.5, 0.6) is 5.75 Å². The molecule has 1 aromatic heterocycles. The van der Waals surface area contributed by atoms with Gasteiger partial charge >= 0.3 is 6.03 Å². The zero-order valence-electron chi connectivity index (χ0n) is 21.7. The molecule has 0 aliphatic carbocycles. The van der Waals surface area contributed by atoms with E-state index in [4.69, 9.17) is 16.3 Å². The minimum atomic E-state index is -0.769. The number of amides is 4. The molecule has 1 saturated heterocycles. The molecule has 0 unspecified atom stereocenters. The predicted molar refractivity (Wildman–Crippen MR) is 151 cm³/mol. The van der Waals surface area contributed by atoms with Crippen molar-refractivity contribution >= 4 is 41.2 Å². The average molecular weight is 540 g/mol. The van der Waals surface area contributed by atoms with Crippen molar-refractivity contribution in [3.05, 3.63) is 118 Å². The summed E-state index contributed by atoms with van der Waals surface area (Å²) < 4.78 is 7.93. The Morgan fingerprint density at radius 1 is 0.846 bits per heavy atom. The van der Waals surface area contributed by atoms with Crippen LogP contribution in [0, 0.1) is 20.8 Å². The fourth-order valence-electron chi connectivity index (χ4n) is 4.51. The Morgan fingerprint density at radius 2 is 1.49 bits per heavy atom. The minimum absolute atomic E-state index is 0.110. The van der Waals surface area contributed by atoms with Gasteiger partial charge in [-0.2, -0.15) is 0 Å². The second-order valence-corrected chi connectivity index (χ2v) is 9.80. The highest BCUT2D eigenvalue weighted by atomic mass is 35.5. The molecule has 0 spiro atoms. The molecule has 0 saturated carbocycles. The molecule has 7 nitrogen and oxygen atoms in total. The molecule has 4 aromatic rings. The molecule has 1 aliphatic rings. The van der Waals surface area contributed by atoms with E-state index in [2.05, 4.69) is 5.32 Å². The number of ether oxygens (including phenoxy) is 1. The van der Waals surface area contributed by atoms with Gasteiger partial charge in [-0.15, -0.1) is 0 Å². The highest BCUT2D eigenvalue weighted by Crippen LogP contribution is 2.27. The molecular formula is C31H26ClN3O4. The normalized spacial score (nSPS) is 14.6. The van der Waals surface area contributed by atoms with Gasteiger partial charge < -0.3 is 9.30 Å². The van der Waals surface area contributed by atoms with Crippen LogP contribution in [-0.4, -0.2) is 22.4 Å². The monoisotopic (exact) mass is 539 g/mol. The van der Waals surface area contributed by atoms with E-state index in [0.717, 1.165) is 38.9 Å². The van der Waals surface area contributed by atoms with Crippen LogP contribution in [0.3, 0.4) is 0 Å². The third-order valence-electron chi connectivity index (χ3n) is 6.58. The quantitative estimate of drug-likeness (QED) is 0.230. The fraction of sp³-hybridized carbons (Fsp3) is 0.129. The molecule has 2 heterocycles. The molecular weight excluding hydrogens is 514 g/mol. The summed E-state index contributed by atoms with van der Waals surface area (Å²) in [5.41, 5.74) is 5.66. The summed E-state index contributed by atoms with van der Waals surface area (Å²) in [7, 11) is 0. The third kappa shape index (κ3) is 5.35. The number of imide groups is 2. The third-order valence-corrected chi connectivity index (χ3v) is 6.83. The van der Waals surface area contributed by atoms with E-state index in [9.17, 15) is 14.4 Å². The van der Waals surface area contributed by atoms with Gasteiger partial charge in [0.25, 0.3) is 11.8 Å². The number of carbonyl (C=O) groups excluding carboxylic acids is 3. The average Bonchev–Trinajstić information content (AvgIpc) is 3.20. The van der Waals surface area contributed by atoms with Crippen molar-refractivity contribution in [2.45, 2.75) is 27.4 Å². The number of aromatic nitrogens is 1. The number of halogens is 1. The minimum Gasteiger partial charge on any atom is -0.489 e. The number of aryl methyl sites for hydroxylation is 2. The van der Waals surface area contributed by atoms with E-state index in [1.165, 1.54) is 6.08 Å². The molecule has 39 heavy (non-hydrogen) atoms. The Kier molecular flexibility index (Phi) is 7.09. The van der Waals surface area contributed by atoms with Gasteiger partial charge in [0.1, 0.15) is 17.9 Å². The number of carbonyl (C=O) groups is 3. The van der Waals surface area contributed by atoms with E-state index in [0.29, 0.717) is 22.9 Å². The Morgan fingerprint density at radius 3 is 2.15 bits per heavy atom. The molecule has 5 rings (SSSR count). The number of nitrogens with zero attached hydrogens (tertiary/aromatic N) is 2. The maximum atomic E-state index is 13.3. The second-order valence-electron chi connectivity index (χ2n) is 9.36. The molecule has 4 amide bonds. The molecule has 196 valence electrons. The van der Waals surface area contributed by atoms with Crippen LogP contribution in [0.25, 0.3) is 11.8 Å². The molecule has 1 N–H and O–H groups in total.